The maximum Gasteiger partial charge on any atom is 0.0366 e. The molecular formula is C18H29N. The van der Waals surface area contributed by atoms with E-state index in [-0.39, 0.29) is 0 Å². The second-order valence-corrected chi connectivity index (χ2v) is 5.37. The number of anilines is 1. The Morgan fingerprint density at radius 2 is 1.79 bits per heavy atom. The van der Waals surface area contributed by atoms with Crippen LogP contribution in [0.1, 0.15) is 45.6 Å². The molecule has 1 aliphatic rings. The Morgan fingerprint density at radius 1 is 1.21 bits per heavy atom. The highest BCUT2D eigenvalue weighted by Gasteiger charge is 2.40. The Bertz CT molecular complexity index is 371. The Morgan fingerprint density at radius 3 is 2.26 bits per heavy atom. The van der Waals surface area contributed by atoms with Crippen LogP contribution in [-0.4, -0.2) is 13.1 Å². The van der Waals surface area contributed by atoms with Crippen LogP contribution in [0.15, 0.2) is 36.9 Å². The van der Waals surface area contributed by atoms with Crippen LogP contribution in [0.4, 0.5) is 5.69 Å². The van der Waals surface area contributed by atoms with Gasteiger partial charge in [-0.2, -0.15) is 0 Å². The molecule has 0 atom stereocenters. The van der Waals surface area contributed by atoms with Crippen molar-refractivity contribution in [2.45, 2.75) is 47.0 Å². The maximum absolute atomic E-state index is 3.83. The summed E-state index contributed by atoms with van der Waals surface area (Å²) in [6.45, 7) is 14.7. The molecule has 2 rings (SSSR count). The van der Waals surface area contributed by atoms with Gasteiger partial charge in [-0.15, -0.1) is 6.58 Å². The van der Waals surface area contributed by atoms with Gasteiger partial charge in [-0.1, -0.05) is 44.5 Å². The molecule has 19 heavy (non-hydrogen) atoms. The predicted molar refractivity (Wildman–Crippen MR) is 86.9 cm³/mol. The van der Waals surface area contributed by atoms with E-state index >= 15 is 0 Å². The summed E-state index contributed by atoms with van der Waals surface area (Å²) < 4.78 is 0. The summed E-state index contributed by atoms with van der Waals surface area (Å²) in [5.74, 6) is 0. The number of allylic oxidation sites excluding steroid dienone is 1. The highest BCUT2D eigenvalue weighted by Crippen LogP contribution is 2.40. The first kappa shape index (κ1) is 15.8. The van der Waals surface area contributed by atoms with Crippen LogP contribution >= 0.6 is 0 Å². The largest absolute Gasteiger partial charge is 0.370 e. The SMILES string of the molecule is C=CCCC1(CC)CN(c2ccc(C)cc2)C1.CC. The summed E-state index contributed by atoms with van der Waals surface area (Å²) in [5, 5.41) is 0. The van der Waals surface area contributed by atoms with Crippen LogP contribution in [0, 0.1) is 12.3 Å². The quantitative estimate of drug-likeness (QED) is 0.657. The lowest BCUT2D eigenvalue weighted by Crippen LogP contribution is -2.56. The topological polar surface area (TPSA) is 3.24 Å². The van der Waals surface area contributed by atoms with Crippen molar-refractivity contribution in [3.63, 3.8) is 0 Å². The van der Waals surface area contributed by atoms with Crippen LogP contribution < -0.4 is 4.90 Å². The van der Waals surface area contributed by atoms with Gasteiger partial charge in [-0.05, 0) is 38.3 Å². The van der Waals surface area contributed by atoms with Crippen molar-refractivity contribution in [2.24, 2.45) is 5.41 Å². The Kier molecular flexibility index (Phi) is 6.14. The fourth-order valence-electron chi connectivity index (χ4n) is 2.67. The minimum absolute atomic E-state index is 0.541. The van der Waals surface area contributed by atoms with Gasteiger partial charge in [-0.3, -0.25) is 0 Å². The molecule has 0 bridgehead atoms. The van der Waals surface area contributed by atoms with E-state index in [2.05, 4.69) is 49.6 Å². The third-order valence-corrected chi connectivity index (χ3v) is 4.08. The standard InChI is InChI=1S/C16H23N.C2H6/c1-4-6-11-16(5-2)12-17(13-16)15-9-7-14(3)8-10-15;1-2/h4,7-10H,1,5-6,11-13H2,2-3H3;1-2H3. The van der Waals surface area contributed by atoms with Gasteiger partial charge in [0.05, 0.1) is 0 Å². The Balaban J connectivity index is 0.000000861. The number of hydrogen-bond acceptors (Lipinski definition) is 1. The third-order valence-electron chi connectivity index (χ3n) is 4.08. The molecule has 1 fully saturated rings. The molecule has 0 spiro atoms. The van der Waals surface area contributed by atoms with E-state index in [1.807, 2.05) is 19.9 Å². The molecule has 1 heterocycles. The van der Waals surface area contributed by atoms with Gasteiger partial charge in [0.2, 0.25) is 0 Å². The second kappa shape index (κ2) is 7.37. The smallest absolute Gasteiger partial charge is 0.0366 e. The molecule has 1 aromatic rings. The van der Waals surface area contributed by atoms with Gasteiger partial charge in [0.25, 0.3) is 0 Å². The first-order valence-electron chi connectivity index (χ1n) is 7.62. The van der Waals surface area contributed by atoms with Gasteiger partial charge < -0.3 is 4.90 Å². The molecule has 0 saturated carbocycles. The first-order chi connectivity index (χ1) is 9.19. The molecule has 0 amide bonds. The van der Waals surface area contributed by atoms with E-state index in [9.17, 15) is 0 Å². The minimum Gasteiger partial charge on any atom is -0.370 e. The fourth-order valence-corrected chi connectivity index (χ4v) is 2.67. The molecule has 0 radical (unpaired) electrons. The average Bonchev–Trinajstić information content (AvgIpc) is 2.42. The predicted octanol–water partition coefficient (Wildman–Crippen LogP) is 5.20. The summed E-state index contributed by atoms with van der Waals surface area (Å²) in [5.41, 5.74) is 3.25. The highest BCUT2D eigenvalue weighted by molar-refractivity contribution is 5.50. The summed E-state index contributed by atoms with van der Waals surface area (Å²) in [6.07, 6.45) is 5.76. The fraction of sp³-hybridized carbons (Fsp3) is 0.556. The minimum atomic E-state index is 0.541. The van der Waals surface area contributed by atoms with Crippen LogP contribution in [-0.2, 0) is 0 Å². The van der Waals surface area contributed by atoms with Crippen molar-refractivity contribution >= 4 is 5.69 Å². The van der Waals surface area contributed by atoms with Gasteiger partial charge in [0, 0.05) is 24.2 Å². The van der Waals surface area contributed by atoms with Gasteiger partial charge in [0.15, 0.2) is 0 Å². The van der Waals surface area contributed by atoms with Gasteiger partial charge in [-0.25, -0.2) is 0 Å². The zero-order valence-electron chi connectivity index (χ0n) is 13.1. The molecule has 0 aliphatic carbocycles. The molecule has 1 aliphatic heterocycles. The van der Waals surface area contributed by atoms with Crippen molar-refractivity contribution in [2.75, 3.05) is 18.0 Å². The molecule has 106 valence electrons. The molecule has 0 unspecified atom stereocenters. The Hall–Kier alpha value is -1.24. The van der Waals surface area contributed by atoms with Crippen molar-refractivity contribution in [3.8, 4) is 0 Å². The number of benzene rings is 1. The average molecular weight is 259 g/mol. The lowest BCUT2D eigenvalue weighted by molar-refractivity contribution is 0.187. The molecule has 1 aromatic carbocycles. The third kappa shape index (κ3) is 3.86. The van der Waals surface area contributed by atoms with E-state index in [0.717, 1.165) is 6.42 Å². The second-order valence-electron chi connectivity index (χ2n) is 5.37. The molecule has 1 saturated heterocycles. The lowest BCUT2D eigenvalue weighted by Gasteiger charge is -2.51. The van der Waals surface area contributed by atoms with Crippen LogP contribution in [0.2, 0.25) is 0 Å². The van der Waals surface area contributed by atoms with Crippen LogP contribution in [0.5, 0.6) is 0 Å². The van der Waals surface area contributed by atoms with Crippen molar-refractivity contribution in [1.82, 2.24) is 0 Å². The van der Waals surface area contributed by atoms with Crippen molar-refractivity contribution in [3.05, 3.63) is 42.5 Å². The van der Waals surface area contributed by atoms with Crippen molar-refractivity contribution in [1.29, 1.82) is 0 Å². The zero-order valence-corrected chi connectivity index (χ0v) is 13.1. The lowest BCUT2D eigenvalue weighted by atomic mass is 9.73. The van der Waals surface area contributed by atoms with E-state index < -0.39 is 0 Å². The van der Waals surface area contributed by atoms with Crippen molar-refractivity contribution < 1.29 is 0 Å². The molecule has 0 N–H and O–H groups in total. The summed E-state index contributed by atoms with van der Waals surface area (Å²) in [7, 11) is 0. The molecule has 0 aromatic heterocycles. The number of rotatable bonds is 5. The summed E-state index contributed by atoms with van der Waals surface area (Å²) >= 11 is 0. The zero-order chi connectivity index (χ0) is 14.3. The number of aryl methyl sites for hydroxylation is 1. The van der Waals surface area contributed by atoms with E-state index in [4.69, 9.17) is 0 Å². The first-order valence-corrected chi connectivity index (χ1v) is 7.62. The monoisotopic (exact) mass is 259 g/mol. The van der Waals surface area contributed by atoms with E-state index in [0.29, 0.717) is 5.41 Å². The van der Waals surface area contributed by atoms with Crippen LogP contribution in [0.3, 0.4) is 0 Å². The number of hydrogen-bond donors (Lipinski definition) is 0. The molecular weight excluding hydrogens is 230 g/mol. The summed E-state index contributed by atoms with van der Waals surface area (Å²) in [6, 6.07) is 8.88. The highest BCUT2D eigenvalue weighted by atomic mass is 15.2. The number of nitrogens with zero attached hydrogens (tertiary/aromatic N) is 1. The van der Waals surface area contributed by atoms with Crippen LogP contribution in [0.25, 0.3) is 0 Å². The maximum atomic E-state index is 3.83. The Labute approximate surface area is 119 Å². The van der Waals surface area contributed by atoms with Gasteiger partial charge in [0.1, 0.15) is 0 Å². The normalized spacial score (nSPS) is 16.1. The van der Waals surface area contributed by atoms with Gasteiger partial charge >= 0.3 is 0 Å². The molecule has 1 nitrogen and oxygen atoms in total. The molecule has 1 heteroatoms. The van der Waals surface area contributed by atoms with E-state index in [1.54, 1.807) is 0 Å². The van der Waals surface area contributed by atoms with E-state index in [1.165, 1.54) is 37.2 Å². The summed E-state index contributed by atoms with van der Waals surface area (Å²) in [4.78, 5) is 2.49.